The molecule has 3 atom stereocenters. The number of carbonyl (C=O) groups excluding carboxylic acids is 1. The van der Waals surface area contributed by atoms with Gasteiger partial charge in [-0.25, -0.2) is 0 Å². The Bertz CT molecular complexity index is 1040. The highest BCUT2D eigenvalue weighted by molar-refractivity contribution is 5.82. The third kappa shape index (κ3) is 3.88. The SMILES string of the molecule is CC[C@@H](Nc1c(NC2=CC=CC(C(=O)N(C)C)C2O)c(=O)c1=O)c1ccc(C)o1. The van der Waals surface area contributed by atoms with Crippen molar-refractivity contribution in [2.24, 2.45) is 5.92 Å². The summed E-state index contributed by atoms with van der Waals surface area (Å²) in [5.41, 5.74) is -0.792. The second-order valence-corrected chi connectivity index (χ2v) is 7.30. The van der Waals surface area contributed by atoms with E-state index in [1.165, 1.54) is 4.90 Å². The maximum atomic E-state index is 12.3. The van der Waals surface area contributed by atoms with Crippen molar-refractivity contribution in [1.82, 2.24) is 4.90 Å². The molecule has 2 unspecified atom stereocenters. The van der Waals surface area contributed by atoms with Crippen molar-refractivity contribution in [1.29, 1.82) is 0 Å². The van der Waals surface area contributed by atoms with Gasteiger partial charge in [-0.3, -0.25) is 14.4 Å². The fourth-order valence-corrected chi connectivity index (χ4v) is 3.29. The zero-order chi connectivity index (χ0) is 21.3. The first kappa shape index (κ1) is 20.6. The molecule has 1 heterocycles. The molecule has 0 saturated carbocycles. The molecule has 0 saturated heterocycles. The highest BCUT2D eigenvalue weighted by Gasteiger charge is 2.32. The average molecular weight is 399 g/mol. The van der Waals surface area contributed by atoms with E-state index in [0.717, 1.165) is 5.76 Å². The number of nitrogens with one attached hydrogen (secondary N) is 2. The first-order valence-corrected chi connectivity index (χ1v) is 9.45. The fraction of sp³-hybridized carbons (Fsp3) is 0.381. The Morgan fingerprint density at radius 2 is 1.93 bits per heavy atom. The molecule has 29 heavy (non-hydrogen) atoms. The number of nitrogens with zero attached hydrogens (tertiary/aromatic N) is 1. The van der Waals surface area contributed by atoms with E-state index in [9.17, 15) is 19.5 Å². The quantitative estimate of drug-likeness (QED) is 0.607. The molecule has 1 aromatic heterocycles. The van der Waals surface area contributed by atoms with Crippen LogP contribution in [0.5, 0.6) is 0 Å². The molecule has 0 aliphatic heterocycles. The molecule has 0 fully saturated rings. The van der Waals surface area contributed by atoms with Crippen LogP contribution in [0, 0.1) is 12.8 Å². The normalized spacial score (nSPS) is 19.7. The largest absolute Gasteiger partial charge is 0.464 e. The van der Waals surface area contributed by atoms with Gasteiger partial charge < -0.3 is 25.1 Å². The van der Waals surface area contributed by atoms with E-state index in [2.05, 4.69) is 10.6 Å². The summed E-state index contributed by atoms with van der Waals surface area (Å²) in [6.45, 7) is 3.76. The van der Waals surface area contributed by atoms with Gasteiger partial charge in [-0.2, -0.15) is 0 Å². The van der Waals surface area contributed by atoms with E-state index in [1.54, 1.807) is 32.3 Å². The summed E-state index contributed by atoms with van der Waals surface area (Å²) in [6, 6.07) is 3.38. The number of rotatable bonds is 7. The molecule has 3 rings (SSSR count). The number of amides is 1. The van der Waals surface area contributed by atoms with Gasteiger partial charge in [-0.1, -0.05) is 19.1 Å². The smallest absolute Gasteiger partial charge is 0.253 e. The Morgan fingerprint density at radius 3 is 2.52 bits per heavy atom. The average Bonchev–Trinajstić information content (AvgIpc) is 3.13. The number of furan rings is 1. The Balaban J connectivity index is 1.81. The number of hydrogen-bond acceptors (Lipinski definition) is 7. The zero-order valence-corrected chi connectivity index (χ0v) is 16.9. The number of anilines is 2. The van der Waals surface area contributed by atoms with E-state index in [0.29, 0.717) is 12.2 Å². The summed E-state index contributed by atoms with van der Waals surface area (Å²) in [6.07, 6.45) is 4.31. The van der Waals surface area contributed by atoms with E-state index in [4.69, 9.17) is 4.42 Å². The van der Waals surface area contributed by atoms with Crippen molar-refractivity contribution < 1.29 is 14.3 Å². The van der Waals surface area contributed by atoms with Crippen molar-refractivity contribution in [3.8, 4) is 0 Å². The molecule has 1 aliphatic carbocycles. The van der Waals surface area contributed by atoms with E-state index in [-0.39, 0.29) is 29.0 Å². The summed E-state index contributed by atoms with van der Waals surface area (Å²) >= 11 is 0. The minimum Gasteiger partial charge on any atom is -0.464 e. The second kappa shape index (κ2) is 8.08. The van der Waals surface area contributed by atoms with Crippen LogP contribution in [-0.4, -0.2) is 36.1 Å². The first-order valence-electron chi connectivity index (χ1n) is 9.45. The molecule has 1 aliphatic rings. The molecule has 1 amide bonds. The topological polar surface area (TPSA) is 112 Å². The monoisotopic (exact) mass is 399 g/mol. The van der Waals surface area contributed by atoms with Crippen LogP contribution in [0.1, 0.15) is 30.9 Å². The third-order valence-electron chi connectivity index (χ3n) is 4.99. The molecule has 2 aromatic rings. The molecule has 0 bridgehead atoms. The van der Waals surface area contributed by atoms with Crippen LogP contribution in [0.3, 0.4) is 0 Å². The van der Waals surface area contributed by atoms with Gasteiger partial charge >= 0.3 is 0 Å². The lowest BCUT2D eigenvalue weighted by Gasteiger charge is -2.28. The van der Waals surface area contributed by atoms with Gasteiger partial charge in [0.25, 0.3) is 10.9 Å². The van der Waals surface area contributed by atoms with Gasteiger partial charge in [0.1, 0.15) is 29.0 Å². The van der Waals surface area contributed by atoms with Crippen LogP contribution < -0.4 is 21.5 Å². The number of carbonyl (C=O) groups is 1. The van der Waals surface area contributed by atoms with Crippen LogP contribution in [0.2, 0.25) is 0 Å². The van der Waals surface area contributed by atoms with Crippen molar-refractivity contribution in [3.63, 3.8) is 0 Å². The summed E-state index contributed by atoms with van der Waals surface area (Å²) in [7, 11) is 3.21. The molecular formula is C21H25N3O5. The first-order chi connectivity index (χ1) is 13.7. The van der Waals surface area contributed by atoms with Crippen LogP contribution in [0.25, 0.3) is 0 Å². The number of aliphatic hydroxyl groups excluding tert-OH is 1. The Labute approximate surface area is 168 Å². The van der Waals surface area contributed by atoms with Crippen molar-refractivity contribution >= 4 is 17.3 Å². The van der Waals surface area contributed by atoms with Gasteiger partial charge in [0.15, 0.2) is 0 Å². The summed E-state index contributed by atoms with van der Waals surface area (Å²) < 4.78 is 5.63. The van der Waals surface area contributed by atoms with Crippen LogP contribution in [0.15, 0.2) is 50.1 Å². The second-order valence-electron chi connectivity index (χ2n) is 7.30. The van der Waals surface area contributed by atoms with Crippen molar-refractivity contribution in [2.75, 3.05) is 24.7 Å². The van der Waals surface area contributed by atoms with Crippen LogP contribution >= 0.6 is 0 Å². The van der Waals surface area contributed by atoms with Gasteiger partial charge in [-0.05, 0) is 31.6 Å². The van der Waals surface area contributed by atoms with E-state index in [1.807, 2.05) is 26.0 Å². The number of allylic oxidation sites excluding steroid dienone is 2. The summed E-state index contributed by atoms with van der Waals surface area (Å²) in [5, 5.41) is 16.5. The lowest BCUT2D eigenvalue weighted by Crippen LogP contribution is -2.42. The molecule has 3 N–H and O–H groups in total. The predicted octanol–water partition coefficient (Wildman–Crippen LogP) is 1.68. The minimum atomic E-state index is -1.15. The fourth-order valence-electron chi connectivity index (χ4n) is 3.29. The Hall–Kier alpha value is -3.13. The standard InChI is InChI=1S/C21H25N3O5/c1-5-13(15-10-9-11(2)29-15)22-16-17(20(27)19(16)26)23-14-8-6-7-12(18(14)25)21(28)24(3)4/h6-10,12-13,18,22-23,25H,5H2,1-4H3/t12?,13-,18?/m1/s1. The molecule has 154 valence electrons. The maximum Gasteiger partial charge on any atom is 0.253 e. The van der Waals surface area contributed by atoms with Crippen LogP contribution in [-0.2, 0) is 4.79 Å². The summed E-state index contributed by atoms with van der Waals surface area (Å²) in [4.78, 5) is 37.9. The molecule has 8 heteroatoms. The van der Waals surface area contributed by atoms with Crippen molar-refractivity contribution in [2.45, 2.75) is 32.4 Å². The maximum absolute atomic E-state index is 12.3. The van der Waals surface area contributed by atoms with Gasteiger partial charge in [0.05, 0.1) is 12.0 Å². The minimum absolute atomic E-state index is 0.0772. The number of aliphatic hydroxyl groups is 1. The Morgan fingerprint density at radius 1 is 1.24 bits per heavy atom. The third-order valence-corrected chi connectivity index (χ3v) is 4.99. The lowest BCUT2D eigenvalue weighted by atomic mass is 9.93. The van der Waals surface area contributed by atoms with Gasteiger partial charge in [-0.15, -0.1) is 0 Å². The van der Waals surface area contributed by atoms with Gasteiger partial charge in [0.2, 0.25) is 5.91 Å². The molecule has 8 nitrogen and oxygen atoms in total. The van der Waals surface area contributed by atoms with Gasteiger partial charge in [0, 0.05) is 19.8 Å². The molecular weight excluding hydrogens is 374 g/mol. The molecule has 0 radical (unpaired) electrons. The highest BCUT2D eigenvalue weighted by Crippen LogP contribution is 2.29. The number of aryl methyl sites for hydroxylation is 1. The van der Waals surface area contributed by atoms with Crippen LogP contribution in [0.4, 0.5) is 11.4 Å². The summed E-state index contributed by atoms with van der Waals surface area (Å²) in [5.74, 6) is 0.390. The van der Waals surface area contributed by atoms with E-state index >= 15 is 0 Å². The molecule has 1 aromatic carbocycles. The highest BCUT2D eigenvalue weighted by atomic mass is 16.3. The van der Waals surface area contributed by atoms with E-state index < -0.39 is 22.9 Å². The molecule has 0 spiro atoms. The predicted molar refractivity (Wildman–Crippen MR) is 110 cm³/mol. The zero-order valence-electron chi connectivity index (χ0n) is 16.9. The number of hydrogen-bond donors (Lipinski definition) is 3. The Kier molecular flexibility index (Phi) is 5.74. The van der Waals surface area contributed by atoms with Crippen molar-refractivity contribution in [3.05, 3.63) is 68.0 Å². The lowest BCUT2D eigenvalue weighted by molar-refractivity contribution is -0.133.